The maximum Gasteiger partial charge on any atom is 0.309 e. The smallest absolute Gasteiger partial charge is 0.309 e. The lowest BCUT2D eigenvalue weighted by atomic mass is 10.2. The summed E-state index contributed by atoms with van der Waals surface area (Å²) in [5.41, 5.74) is 0.731. The summed E-state index contributed by atoms with van der Waals surface area (Å²) in [4.78, 5) is 11.4. The molecule has 116 valence electrons. The second kappa shape index (κ2) is 7.29. The Bertz CT molecular complexity index is 577. The molecule has 1 saturated heterocycles. The lowest BCUT2D eigenvalue weighted by Gasteiger charge is -2.22. The van der Waals surface area contributed by atoms with Gasteiger partial charge >= 0.3 is 5.97 Å². The van der Waals surface area contributed by atoms with Crippen molar-refractivity contribution in [3.8, 4) is 0 Å². The Kier molecular flexibility index (Phi) is 5.66. The van der Waals surface area contributed by atoms with E-state index in [2.05, 4.69) is 9.46 Å². The maximum absolute atomic E-state index is 12.3. The third-order valence-corrected chi connectivity index (χ3v) is 5.94. The third kappa shape index (κ3) is 4.72. The van der Waals surface area contributed by atoms with Crippen LogP contribution in [0.5, 0.6) is 0 Å². The number of thioether (sulfide) groups is 1. The van der Waals surface area contributed by atoms with Crippen LogP contribution >= 0.6 is 11.8 Å². The second-order valence-corrected chi connectivity index (χ2v) is 7.84. The highest BCUT2D eigenvalue weighted by Crippen LogP contribution is 2.19. The fourth-order valence-electron chi connectivity index (χ4n) is 2.13. The topological polar surface area (TPSA) is 72.5 Å². The standard InChI is InChI=1S/C14H19NO4S2/c1-19-14(16)10-11-2-4-13(5-3-11)21(17,18)15-12-6-8-20-9-7-12/h2-5,12,15H,6-10H2,1H3. The van der Waals surface area contributed by atoms with Gasteiger partial charge < -0.3 is 4.74 Å². The average Bonchev–Trinajstić information content (AvgIpc) is 2.48. The lowest BCUT2D eigenvalue weighted by Crippen LogP contribution is -2.37. The number of nitrogens with one attached hydrogen (secondary N) is 1. The number of ether oxygens (including phenoxy) is 1. The minimum Gasteiger partial charge on any atom is -0.469 e. The first kappa shape index (κ1) is 16.3. The van der Waals surface area contributed by atoms with Gasteiger partial charge in [0.05, 0.1) is 18.4 Å². The molecule has 2 rings (SSSR count). The molecule has 1 fully saturated rings. The number of benzene rings is 1. The van der Waals surface area contributed by atoms with Crippen LogP contribution in [-0.2, 0) is 26.0 Å². The Hall–Kier alpha value is -1.05. The van der Waals surface area contributed by atoms with E-state index in [1.54, 1.807) is 12.1 Å². The number of esters is 1. The molecule has 0 amide bonds. The van der Waals surface area contributed by atoms with Crippen molar-refractivity contribution >= 4 is 27.8 Å². The van der Waals surface area contributed by atoms with Gasteiger partial charge in [-0.25, -0.2) is 13.1 Å². The molecule has 7 heteroatoms. The van der Waals surface area contributed by atoms with E-state index in [1.165, 1.54) is 19.2 Å². The zero-order valence-electron chi connectivity index (χ0n) is 11.9. The van der Waals surface area contributed by atoms with Crippen LogP contribution in [0, 0.1) is 0 Å². The van der Waals surface area contributed by atoms with E-state index in [4.69, 9.17) is 0 Å². The molecule has 21 heavy (non-hydrogen) atoms. The number of carbonyl (C=O) groups excluding carboxylic acids is 1. The Balaban J connectivity index is 2.04. The van der Waals surface area contributed by atoms with Crippen molar-refractivity contribution in [2.45, 2.75) is 30.2 Å². The quantitative estimate of drug-likeness (QED) is 0.830. The third-order valence-electron chi connectivity index (χ3n) is 3.35. The average molecular weight is 329 g/mol. The molecule has 1 aromatic rings. The van der Waals surface area contributed by atoms with Crippen molar-refractivity contribution in [1.29, 1.82) is 0 Å². The zero-order valence-corrected chi connectivity index (χ0v) is 13.5. The van der Waals surface area contributed by atoms with Gasteiger partial charge in [-0.3, -0.25) is 4.79 Å². The van der Waals surface area contributed by atoms with E-state index in [9.17, 15) is 13.2 Å². The SMILES string of the molecule is COC(=O)Cc1ccc(S(=O)(=O)NC2CCSCC2)cc1. The highest BCUT2D eigenvalue weighted by molar-refractivity contribution is 7.99. The van der Waals surface area contributed by atoms with E-state index >= 15 is 0 Å². The van der Waals surface area contributed by atoms with Gasteiger partial charge in [0.2, 0.25) is 10.0 Å². The molecule has 0 atom stereocenters. The van der Waals surface area contributed by atoms with Gasteiger partial charge in [-0.15, -0.1) is 0 Å². The highest BCUT2D eigenvalue weighted by Gasteiger charge is 2.21. The van der Waals surface area contributed by atoms with Crippen molar-refractivity contribution < 1.29 is 17.9 Å². The first-order chi connectivity index (χ1) is 10.0. The molecule has 0 aliphatic carbocycles. The predicted molar refractivity (Wildman–Crippen MR) is 82.8 cm³/mol. The summed E-state index contributed by atoms with van der Waals surface area (Å²) >= 11 is 1.85. The molecule has 1 aliphatic rings. The van der Waals surface area contributed by atoms with Gasteiger partial charge in [0.15, 0.2) is 0 Å². The molecule has 0 bridgehead atoms. The van der Waals surface area contributed by atoms with E-state index in [0.717, 1.165) is 29.9 Å². The van der Waals surface area contributed by atoms with Gasteiger partial charge in [-0.05, 0) is 42.0 Å². The summed E-state index contributed by atoms with van der Waals surface area (Å²) in [5, 5.41) is 0. The Morgan fingerprint density at radius 1 is 1.29 bits per heavy atom. The molecule has 1 aromatic carbocycles. The Morgan fingerprint density at radius 3 is 2.48 bits per heavy atom. The Labute approximate surface area is 129 Å². The molecule has 1 aliphatic heterocycles. The van der Waals surface area contributed by atoms with Crippen LogP contribution in [0.15, 0.2) is 29.2 Å². The highest BCUT2D eigenvalue weighted by atomic mass is 32.2. The molecule has 0 spiro atoms. The number of carbonyl (C=O) groups is 1. The molecule has 0 saturated carbocycles. The molecule has 0 unspecified atom stereocenters. The van der Waals surface area contributed by atoms with Gasteiger partial charge in [0, 0.05) is 6.04 Å². The summed E-state index contributed by atoms with van der Waals surface area (Å²) in [7, 11) is -2.16. The van der Waals surface area contributed by atoms with E-state index < -0.39 is 10.0 Å². The van der Waals surface area contributed by atoms with E-state index in [1.807, 2.05) is 11.8 Å². The van der Waals surface area contributed by atoms with Crippen LogP contribution in [0.3, 0.4) is 0 Å². The van der Waals surface area contributed by atoms with Crippen LogP contribution < -0.4 is 4.72 Å². The van der Waals surface area contributed by atoms with Gasteiger partial charge in [0.1, 0.15) is 0 Å². The number of rotatable bonds is 5. The zero-order chi connectivity index (χ0) is 15.3. The predicted octanol–water partition coefficient (Wildman–Crippen LogP) is 1.58. The van der Waals surface area contributed by atoms with Crippen LogP contribution in [0.1, 0.15) is 18.4 Å². The number of methoxy groups -OCH3 is 1. The molecule has 1 N–H and O–H groups in total. The van der Waals surface area contributed by atoms with Crippen LogP contribution in [0.4, 0.5) is 0 Å². The normalized spacial score (nSPS) is 16.6. The number of hydrogen-bond acceptors (Lipinski definition) is 5. The van der Waals surface area contributed by atoms with Crippen molar-refractivity contribution in [3.05, 3.63) is 29.8 Å². The lowest BCUT2D eigenvalue weighted by molar-refractivity contribution is -0.139. The van der Waals surface area contributed by atoms with E-state index in [-0.39, 0.29) is 23.3 Å². The van der Waals surface area contributed by atoms with Crippen LogP contribution in [0.2, 0.25) is 0 Å². The maximum atomic E-state index is 12.3. The number of hydrogen-bond donors (Lipinski definition) is 1. The Morgan fingerprint density at radius 2 is 1.90 bits per heavy atom. The van der Waals surface area contributed by atoms with Crippen LogP contribution in [-0.4, -0.2) is 39.0 Å². The van der Waals surface area contributed by atoms with Crippen molar-refractivity contribution in [2.75, 3.05) is 18.6 Å². The second-order valence-electron chi connectivity index (χ2n) is 4.90. The van der Waals surface area contributed by atoms with E-state index in [0.29, 0.717) is 0 Å². The van der Waals surface area contributed by atoms with Crippen molar-refractivity contribution in [1.82, 2.24) is 4.72 Å². The summed E-state index contributed by atoms with van der Waals surface area (Å²) in [6, 6.07) is 6.35. The fourth-order valence-corrected chi connectivity index (χ4v) is 4.54. The number of sulfonamides is 1. The van der Waals surface area contributed by atoms with Gasteiger partial charge in [0.25, 0.3) is 0 Å². The van der Waals surface area contributed by atoms with Crippen molar-refractivity contribution in [2.24, 2.45) is 0 Å². The van der Waals surface area contributed by atoms with Crippen molar-refractivity contribution in [3.63, 3.8) is 0 Å². The molecule has 0 radical (unpaired) electrons. The summed E-state index contributed by atoms with van der Waals surface area (Å²) in [6.07, 6.45) is 1.87. The monoisotopic (exact) mass is 329 g/mol. The summed E-state index contributed by atoms with van der Waals surface area (Å²) in [5.74, 6) is 1.64. The minimum atomic E-state index is -3.49. The van der Waals surface area contributed by atoms with Gasteiger partial charge in [-0.2, -0.15) is 11.8 Å². The van der Waals surface area contributed by atoms with Gasteiger partial charge in [-0.1, -0.05) is 12.1 Å². The molecule has 0 aromatic heterocycles. The molecule has 5 nitrogen and oxygen atoms in total. The first-order valence-corrected chi connectivity index (χ1v) is 9.41. The first-order valence-electron chi connectivity index (χ1n) is 6.77. The largest absolute Gasteiger partial charge is 0.469 e. The van der Waals surface area contributed by atoms with Crippen LogP contribution in [0.25, 0.3) is 0 Å². The molecular formula is C14H19NO4S2. The fraction of sp³-hybridized carbons (Fsp3) is 0.500. The molecular weight excluding hydrogens is 310 g/mol. The minimum absolute atomic E-state index is 0.0194. The summed E-state index contributed by atoms with van der Waals surface area (Å²) < 4.78 is 31.9. The molecule has 1 heterocycles. The summed E-state index contributed by atoms with van der Waals surface area (Å²) in [6.45, 7) is 0.